The molecule has 2 saturated heterocycles. The number of urea groups is 1. The van der Waals surface area contributed by atoms with Gasteiger partial charge in [-0.2, -0.15) is 4.31 Å². The first kappa shape index (κ1) is 29.5. The summed E-state index contributed by atoms with van der Waals surface area (Å²) in [5.41, 5.74) is 5.33. The van der Waals surface area contributed by atoms with Crippen molar-refractivity contribution in [2.24, 2.45) is 5.73 Å². The molecule has 19 nitrogen and oxygen atoms in total. The summed E-state index contributed by atoms with van der Waals surface area (Å²) in [7, 11) is -11.0. The predicted molar refractivity (Wildman–Crippen MR) is 110 cm³/mol. The number of aliphatic hydroxyl groups excluding tert-OH is 6. The maximum absolute atomic E-state index is 12.2. The molecule has 2 fully saturated rings. The van der Waals surface area contributed by atoms with Crippen molar-refractivity contribution < 1.29 is 77.2 Å². The Bertz CT molecular complexity index is 923. The summed E-state index contributed by atoms with van der Waals surface area (Å²) >= 11 is 0. The van der Waals surface area contributed by atoms with Crippen LogP contribution in [0.2, 0.25) is 0 Å². The lowest BCUT2D eigenvalue weighted by Gasteiger charge is -2.39. The van der Waals surface area contributed by atoms with Crippen LogP contribution in [0.4, 0.5) is 4.79 Å². The highest BCUT2D eigenvalue weighted by molar-refractivity contribution is 7.61. The van der Waals surface area contributed by atoms with Crippen molar-refractivity contribution in [2.75, 3.05) is 13.2 Å². The molecule has 0 aliphatic carbocycles. The van der Waals surface area contributed by atoms with Crippen LogP contribution in [0.15, 0.2) is 12.3 Å². The van der Waals surface area contributed by atoms with Crippen molar-refractivity contribution >= 4 is 21.7 Å². The van der Waals surface area contributed by atoms with Gasteiger partial charge in [-0.15, -0.1) is 0 Å². The largest absolute Gasteiger partial charge is 0.483 e. The van der Waals surface area contributed by atoms with Crippen molar-refractivity contribution in [1.29, 1.82) is 0 Å². The van der Waals surface area contributed by atoms with E-state index in [9.17, 15) is 54.4 Å². The number of nitrogens with zero attached hydrogens (tertiary/aromatic N) is 1. The van der Waals surface area contributed by atoms with E-state index >= 15 is 0 Å². The Balaban J connectivity index is 1.58. The molecule has 0 saturated carbocycles. The van der Waals surface area contributed by atoms with Crippen LogP contribution in [0.1, 0.15) is 0 Å². The molecule has 0 aromatic carbocycles. The lowest BCUT2D eigenvalue weighted by atomic mass is 9.99. The van der Waals surface area contributed by atoms with Crippen molar-refractivity contribution in [2.45, 2.75) is 61.5 Å². The van der Waals surface area contributed by atoms with Crippen LogP contribution < -0.4 is 11.1 Å². The quantitative estimate of drug-likeness (QED) is 0.117. The summed E-state index contributed by atoms with van der Waals surface area (Å²) in [4.78, 5) is 32.4. The zero-order chi connectivity index (χ0) is 27.0. The number of carbonyl (C=O) groups excluding carboxylic acids is 1. The van der Waals surface area contributed by atoms with E-state index in [2.05, 4.69) is 18.7 Å². The van der Waals surface area contributed by atoms with Gasteiger partial charge in [0, 0.05) is 12.7 Å². The fourth-order valence-electron chi connectivity index (χ4n) is 3.46. The van der Waals surface area contributed by atoms with Crippen molar-refractivity contribution in [3.8, 4) is 0 Å². The monoisotopic (exact) mass is 567 g/mol. The summed E-state index contributed by atoms with van der Waals surface area (Å²) in [6.45, 7) is -1.39. The molecule has 3 heterocycles. The van der Waals surface area contributed by atoms with E-state index in [1.54, 1.807) is 0 Å². The van der Waals surface area contributed by atoms with E-state index in [-0.39, 0.29) is 0 Å². The van der Waals surface area contributed by atoms with E-state index in [0.29, 0.717) is 0 Å². The Hall–Kier alpha value is -1.09. The smallest absolute Gasteiger partial charge is 0.388 e. The highest BCUT2D eigenvalue weighted by Gasteiger charge is 2.50. The molecular formula is C15H27N3O16P2. The van der Waals surface area contributed by atoms with Crippen LogP contribution >= 0.6 is 15.6 Å². The molecule has 0 radical (unpaired) electrons. The zero-order valence-electron chi connectivity index (χ0n) is 18.1. The molecule has 208 valence electrons. The first-order valence-corrected chi connectivity index (χ1v) is 13.2. The van der Waals surface area contributed by atoms with Gasteiger partial charge in [0.1, 0.15) is 49.0 Å². The van der Waals surface area contributed by atoms with E-state index in [0.717, 1.165) is 17.2 Å². The fourth-order valence-corrected chi connectivity index (χ4v) is 5.62. The molecular weight excluding hydrogens is 540 g/mol. The Morgan fingerprint density at radius 2 is 1.58 bits per heavy atom. The Morgan fingerprint density at radius 3 is 2.19 bits per heavy atom. The molecule has 11 N–H and O–H groups in total. The Labute approximate surface area is 202 Å². The molecule has 3 aliphatic heterocycles. The van der Waals surface area contributed by atoms with Crippen LogP contribution in [-0.2, 0) is 32.0 Å². The van der Waals surface area contributed by atoms with Gasteiger partial charge in [-0.25, -0.2) is 13.9 Å². The van der Waals surface area contributed by atoms with Crippen molar-refractivity contribution in [3.63, 3.8) is 0 Å². The van der Waals surface area contributed by atoms with Crippen molar-refractivity contribution in [3.05, 3.63) is 12.3 Å². The molecule has 0 aromatic heterocycles. The lowest BCUT2D eigenvalue weighted by molar-refractivity contribution is -0.273. The van der Waals surface area contributed by atoms with Gasteiger partial charge in [0.25, 0.3) is 0 Å². The van der Waals surface area contributed by atoms with Crippen molar-refractivity contribution in [1.82, 2.24) is 10.2 Å². The molecule has 0 bridgehead atoms. The normalized spacial score (nSPS) is 42.6. The first-order chi connectivity index (χ1) is 16.7. The molecule has 3 aliphatic rings. The van der Waals surface area contributed by atoms with Gasteiger partial charge in [0.2, 0.25) is 0 Å². The SMILES string of the molecule is NCC1O[C@H](OP(=O)(O)OP(=O)(O)OCC2OC(N3C=CC(O)NC3=O)[C@H](O)[C@@H]2O)[C@@H](O)C(O)[C@H]1O. The van der Waals surface area contributed by atoms with Gasteiger partial charge < -0.3 is 61.0 Å². The summed E-state index contributed by atoms with van der Waals surface area (Å²) in [6, 6.07) is -0.890. The van der Waals surface area contributed by atoms with Crippen LogP contribution in [0.25, 0.3) is 0 Å². The van der Waals surface area contributed by atoms with Gasteiger partial charge in [-0.1, -0.05) is 0 Å². The average Bonchev–Trinajstić information content (AvgIpc) is 3.06. The Morgan fingerprint density at radius 1 is 0.944 bits per heavy atom. The summed E-state index contributed by atoms with van der Waals surface area (Å²) in [5, 5.41) is 61.1. The Kier molecular flexibility index (Phi) is 9.28. The lowest BCUT2D eigenvalue weighted by Crippen LogP contribution is -2.59. The van der Waals surface area contributed by atoms with Crippen LogP contribution in [0.5, 0.6) is 0 Å². The highest BCUT2D eigenvalue weighted by Crippen LogP contribution is 2.61. The molecule has 12 atom stereocenters. The maximum atomic E-state index is 12.2. The minimum absolute atomic E-state index is 0.394. The minimum Gasteiger partial charge on any atom is -0.388 e. The fraction of sp³-hybridized carbons (Fsp3) is 0.800. The molecule has 0 aromatic rings. The topological polar surface area (TPSA) is 300 Å². The second kappa shape index (κ2) is 11.3. The third kappa shape index (κ3) is 6.66. The number of carbonyl (C=O) groups is 1. The number of aliphatic hydroxyl groups is 6. The number of hydrogen-bond acceptors (Lipinski definition) is 15. The molecule has 0 spiro atoms. The number of ether oxygens (including phenoxy) is 2. The number of hydrogen-bond donors (Lipinski definition) is 10. The molecule has 36 heavy (non-hydrogen) atoms. The van der Waals surface area contributed by atoms with Crippen LogP contribution in [0, 0.1) is 0 Å². The number of phosphoric ester groups is 2. The van der Waals surface area contributed by atoms with Gasteiger partial charge in [-0.05, 0) is 6.08 Å². The minimum atomic E-state index is -5.54. The maximum Gasteiger partial charge on any atom is 0.483 e. The van der Waals surface area contributed by atoms with E-state index < -0.39 is 96.3 Å². The molecule has 2 amide bonds. The van der Waals surface area contributed by atoms with Gasteiger partial charge >= 0.3 is 21.7 Å². The van der Waals surface area contributed by atoms with E-state index in [4.69, 9.17) is 15.2 Å². The van der Waals surface area contributed by atoms with Crippen LogP contribution in [0.3, 0.4) is 0 Å². The van der Waals surface area contributed by atoms with E-state index in [1.807, 2.05) is 0 Å². The van der Waals surface area contributed by atoms with Gasteiger partial charge in [0.05, 0.1) is 6.61 Å². The summed E-state index contributed by atoms with van der Waals surface area (Å²) in [6.07, 6.45) is -14.7. The first-order valence-electron chi connectivity index (χ1n) is 10.2. The number of nitrogens with one attached hydrogen (secondary N) is 1. The zero-order valence-corrected chi connectivity index (χ0v) is 19.9. The number of rotatable bonds is 9. The molecule has 21 heteroatoms. The van der Waals surface area contributed by atoms with E-state index in [1.165, 1.54) is 0 Å². The molecule has 3 rings (SSSR count). The highest BCUT2D eigenvalue weighted by atomic mass is 31.3. The van der Waals surface area contributed by atoms with Gasteiger partial charge in [0.15, 0.2) is 12.5 Å². The summed E-state index contributed by atoms with van der Waals surface area (Å²) < 4.78 is 47.7. The van der Waals surface area contributed by atoms with Crippen LogP contribution in [-0.4, -0.2) is 126 Å². The number of amides is 2. The number of phosphoric acid groups is 2. The predicted octanol–water partition coefficient (Wildman–Crippen LogP) is -4.69. The average molecular weight is 567 g/mol. The second-order valence-corrected chi connectivity index (χ2v) is 10.9. The van der Waals surface area contributed by atoms with Gasteiger partial charge in [-0.3, -0.25) is 13.9 Å². The third-order valence-electron chi connectivity index (χ3n) is 5.29. The number of nitrogens with two attached hydrogens (primary N) is 1. The summed E-state index contributed by atoms with van der Waals surface area (Å²) in [5.74, 6) is 0. The standard InChI is InChI=1S/C15H27N3O16P2/c16-3-5-8(20)10(22)12(24)14(32-5)33-36(28,29)34-35(26,27)30-4-6-9(21)11(23)13(31-6)18-2-1-7(19)17-15(18)25/h1-2,5-14,19-24H,3-4,16H2,(H,17,25)(H,26,27)(H,28,29)/t5?,6?,7?,8-,9+,10?,11+,12-,13?,14+/m0/s1. The molecule has 7 unspecified atom stereocenters. The third-order valence-corrected chi connectivity index (χ3v) is 7.89. The second-order valence-electron chi connectivity index (χ2n) is 7.86.